The minimum atomic E-state index is -0.505. The second kappa shape index (κ2) is 4.13. The molecule has 0 saturated heterocycles. The quantitative estimate of drug-likeness (QED) is 0.680. The molecule has 0 radical (unpaired) electrons. The van der Waals surface area contributed by atoms with Crippen LogP contribution in [0.25, 0.3) is 16.6 Å². The Hall–Kier alpha value is -2.82. The van der Waals surface area contributed by atoms with Crippen molar-refractivity contribution in [1.29, 1.82) is 0 Å². The fraction of sp³-hybridized carbons (Fsp3) is 0. The van der Waals surface area contributed by atoms with Gasteiger partial charge in [0.25, 0.3) is 5.91 Å². The Morgan fingerprint density at radius 3 is 2.74 bits per heavy atom. The Kier molecular flexibility index (Phi) is 2.45. The third-order valence-corrected chi connectivity index (χ3v) is 2.99. The van der Waals surface area contributed by atoms with E-state index < -0.39 is 5.91 Å². The summed E-state index contributed by atoms with van der Waals surface area (Å²) < 4.78 is 1.67. The molecule has 94 valence electrons. The van der Waals surface area contributed by atoms with E-state index >= 15 is 0 Å². The SMILES string of the molecule is NC(=O)c1ccc(N)cc1-n1ncc2ccccc21. The number of anilines is 1. The fourth-order valence-electron chi connectivity index (χ4n) is 2.10. The van der Waals surface area contributed by atoms with E-state index in [0.29, 0.717) is 16.9 Å². The van der Waals surface area contributed by atoms with E-state index in [2.05, 4.69) is 5.10 Å². The van der Waals surface area contributed by atoms with Gasteiger partial charge in [0.2, 0.25) is 0 Å². The molecule has 0 saturated carbocycles. The fourth-order valence-corrected chi connectivity index (χ4v) is 2.10. The van der Waals surface area contributed by atoms with Crippen molar-refractivity contribution in [3.63, 3.8) is 0 Å². The third kappa shape index (κ3) is 1.81. The summed E-state index contributed by atoms with van der Waals surface area (Å²) in [5.41, 5.74) is 13.6. The van der Waals surface area contributed by atoms with Gasteiger partial charge in [-0.2, -0.15) is 5.10 Å². The first kappa shape index (κ1) is 11.3. The second-order valence-electron chi connectivity index (χ2n) is 4.26. The van der Waals surface area contributed by atoms with Crippen LogP contribution in [-0.4, -0.2) is 15.7 Å². The smallest absolute Gasteiger partial charge is 0.250 e. The molecule has 4 N–H and O–H groups in total. The number of nitrogens with zero attached hydrogens (tertiary/aromatic N) is 2. The Bertz CT molecular complexity index is 776. The highest BCUT2D eigenvalue weighted by atomic mass is 16.1. The summed E-state index contributed by atoms with van der Waals surface area (Å²) in [5.74, 6) is -0.505. The molecule has 0 aliphatic rings. The highest BCUT2D eigenvalue weighted by Gasteiger charge is 2.13. The molecule has 5 heteroatoms. The molecule has 1 heterocycles. The molecule has 0 spiro atoms. The molecule has 0 unspecified atom stereocenters. The predicted octanol–water partition coefficient (Wildman–Crippen LogP) is 1.71. The van der Waals surface area contributed by atoms with Crippen molar-refractivity contribution in [2.24, 2.45) is 5.73 Å². The number of hydrogen-bond acceptors (Lipinski definition) is 3. The maximum atomic E-state index is 11.5. The van der Waals surface area contributed by atoms with Crippen molar-refractivity contribution in [1.82, 2.24) is 9.78 Å². The van der Waals surface area contributed by atoms with Crippen LogP contribution in [0.1, 0.15) is 10.4 Å². The number of amides is 1. The monoisotopic (exact) mass is 252 g/mol. The van der Waals surface area contributed by atoms with Gasteiger partial charge < -0.3 is 11.5 Å². The number of fused-ring (bicyclic) bond motifs is 1. The van der Waals surface area contributed by atoms with Crippen LogP contribution in [0.2, 0.25) is 0 Å². The van der Waals surface area contributed by atoms with Crippen LogP contribution in [0.15, 0.2) is 48.7 Å². The number of aromatic nitrogens is 2. The van der Waals surface area contributed by atoms with Crippen LogP contribution < -0.4 is 11.5 Å². The molecule has 0 aliphatic heterocycles. The molecule has 5 nitrogen and oxygen atoms in total. The molecule has 0 atom stereocenters. The number of para-hydroxylation sites is 1. The Morgan fingerprint density at radius 1 is 1.16 bits per heavy atom. The summed E-state index contributed by atoms with van der Waals surface area (Å²) in [6, 6.07) is 12.7. The number of benzene rings is 2. The van der Waals surface area contributed by atoms with Crippen LogP contribution in [0.4, 0.5) is 5.69 Å². The van der Waals surface area contributed by atoms with Gasteiger partial charge in [-0.3, -0.25) is 4.79 Å². The highest BCUT2D eigenvalue weighted by molar-refractivity contribution is 5.97. The van der Waals surface area contributed by atoms with Crippen LogP contribution in [0.5, 0.6) is 0 Å². The zero-order chi connectivity index (χ0) is 13.4. The van der Waals surface area contributed by atoms with E-state index in [1.807, 2.05) is 24.3 Å². The van der Waals surface area contributed by atoms with E-state index in [1.165, 1.54) is 0 Å². The maximum Gasteiger partial charge on any atom is 0.250 e. The molecular weight excluding hydrogens is 240 g/mol. The first-order valence-electron chi connectivity index (χ1n) is 5.79. The lowest BCUT2D eigenvalue weighted by atomic mass is 10.1. The number of primary amides is 1. The molecule has 0 aliphatic carbocycles. The van der Waals surface area contributed by atoms with Gasteiger partial charge in [-0.1, -0.05) is 18.2 Å². The number of carbonyl (C=O) groups is 1. The summed E-state index contributed by atoms with van der Waals surface area (Å²) in [5, 5.41) is 5.29. The minimum Gasteiger partial charge on any atom is -0.399 e. The topological polar surface area (TPSA) is 86.9 Å². The molecule has 3 aromatic rings. The summed E-state index contributed by atoms with van der Waals surface area (Å²) in [4.78, 5) is 11.5. The molecule has 2 aromatic carbocycles. The van der Waals surface area contributed by atoms with Crippen molar-refractivity contribution in [2.75, 3.05) is 5.73 Å². The number of nitrogens with two attached hydrogens (primary N) is 2. The molecule has 1 aromatic heterocycles. The van der Waals surface area contributed by atoms with Crippen LogP contribution in [0.3, 0.4) is 0 Å². The summed E-state index contributed by atoms with van der Waals surface area (Å²) in [6.07, 6.45) is 1.74. The van der Waals surface area contributed by atoms with Crippen LogP contribution >= 0.6 is 0 Å². The van der Waals surface area contributed by atoms with Gasteiger partial charge >= 0.3 is 0 Å². The van der Waals surface area contributed by atoms with Crippen molar-refractivity contribution in [3.8, 4) is 5.69 Å². The summed E-state index contributed by atoms with van der Waals surface area (Å²) in [6.45, 7) is 0. The first-order chi connectivity index (χ1) is 9.16. The average Bonchev–Trinajstić information content (AvgIpc) is 2.82. The van der Waals surface area contributed by atoms with Gasteiger partial charge in [0, 0.05) is 11.1 Å². The molecule has 1 amide bonds. The Balaban J connectivity index is 2.32. The number of hydrogen-bond donors (Lipinski definition) is 2. The van der Waals surface area contributed by atoms with Gasteiger partial charge in [-0.05, 0) is 24.3 Å². The lowest BCUT2D eigenvalue weighted by Gasteiger charge is -2.09. The Labute approximate surface area is 109 Å². The Morgan fingerprint density at radius 2 is 1.95 bits per heavy atom. The lowest BCUT2D eigenvalue weighted by Crippen LogP contribution is -2.15. The van der Waals surface area contributed by atoms with Gasteiger partial charge in [0.05, 0.1) is 23.0 Å². The molecule has 0 fully saturated rings. The molecule has 3 rings (SSSR count). The number of nitrogen functional groups attached to an aromatic ring is 1. The van der Waals surface area contributed by atoms with Gasteiger partial charge in [-0.25, -0.2) is 4.68 Å². The maximum absolute atomic E-state index is 11.5. The summed E-state index contributed by atoms with van der Waals surface area (Å²) >= 11 is 0. The molecule has 19 heavy (non-hydrogen) atoms. The highest BCUT2D eigenvalue weighted by Crippen LogP contribution is 2.22. The van der Waals surface area contributed by atoms with Crippen LogP contribution in [-0.2, 0) is 0 Å². The van der Waals surface area contributed by atoms with Gasteiger partial charge in [0.1, 0.15) is 0 Å². The van der Waals surface area contributed by atoms with E-state index in [4.69, 9.17) is 11.5 Å². The molecule has 0 bridgehead atoms. The van der Waals surface area contributed by atoms with E-state index in [1.54, 1.807) is 29.1 Å². The zero-order valence-corrected chi connectivity index (χ0v) is 10.1. The zero-order valence-electron chi connectivity index (χ0n) is 10.1. The number of carbonyl (C=O) groups excluding carboxylic acids is 1. The normalized spacial score (nSPS) is 10.7. The average molecular weight is 252 g/mol. The van der Waals surface area contributed by atoms with Crippen molar-refractivity contribution >= 4 is 22.5 Å². The standard InChI is InChI=1S/C14H12N4O/c15-10-5-6-11(14(16)19)13(7-10)18-12-4-2-1-3-9(12)8-17-18/h1-8H,15H2,(H2,16,19). The molecular formula is C14H12N4O. The predicted molar refractivity (Wildman–Crippen MR) is 74.0 cm³/mol. The van der Waals surface area contributed by atoms with Crippen molar-refractivity contribution in [2.45, 2.75) is 0 Å². The van der Waals surface area contributed by atoms with E-state index in [-0.39, 0.29) is 0 Å². The number of rotatable bonds is 2. The van der Waals surface area contributed by atoms with Gasteiger partial charge in [-0.15, -0.1) is 0 Å². The van der Waals surface area contributed by atoms with E-state index in [9.17, 15) is 4.79 Å². The van der Waals surface area contributed by atoms with Gasteiger partial charge in [0.15, 0.2) is 0 Å². The van der Waals surface area contributed by atoms with E-state index in [0.717, 1.165) is 10.9 Å². The first-order valence-corrected chi connectivity index (χ1v) is 5.79. The van der Waals surface area contributed by atoms with Crippen molar-refractivity contribution in [3.05, 3.63) is 54.2 Å². The second-order valence-corrected chi connectivity index (χ2v) is 4.26. The third-order valence-electron chi connectivity index (χ3n) is 2.99. The minimum absolute atomic E-state index is 0.392. The summed E-state index contributed by atoms with van der Waals surface area (Å²) in [7, 11) is 0. The lowest BCUT2D eigenvalue weighted by molar-refractivity contribution is 0.1000. The largest absolute Gasteiger partial charge is 0.399 e. The van der Waals surface area contributed by atoms with Crippen molar-refractivity contribution < 1.29 is 4.79 Å². The van der Waals surface area contributed by atoms with Crippen LogP contribution in [0, 0.1) is 0 Å².